The fourth-order valence-electron chi connectivity index (χ4n) is 4.87. The molecule has 2 N–H and O–H groups in total. The number of amides is 1. The van der Waals surface area contributed by atoms with Gasteiger partial charge in [-0.1, -0.05) is 12.1 Å². The van der Waals surface area contributed by atoms with Gasteiger partial charge < -0.3 is 34.3 Å². The fourth-order valence-corrected chi connectivity index (χ4v) is 4.87. The maximum Gasteiger partial charge on any atom is 0.257 e. The van der Waals surface area contributed by atoms with E-state index in [2.05, 4.69) is 0 Å². The standard InChI is InChI=1S/C26H34N2O6.ClH/c1-30-22-20(25(29)28-14-11-26(12-15-28)10-4-16-33-26)17-21(23(31-2)24(22)32-3)34-19-7-5-18(6-8-19)9-13-27;/h5-8,17H,4,9-16,27H2,1-3H3;1H. The molecule has 2 fully saturated rings. The van der Waals surface area contributed by atoms with E-state index in [0.717, 1.165) is 44.3 Å². The van der Waals surface area contributed by atoms with Crippen molar-refractivity contribution in [2.24, 2.45) is 5.73 Å². The van der Waals surface area contributed by atoms with Gasteiger partial charge in [0.15, 0.2) is 11.5 Å². The van der Waals surface area contributed by atoms with E-state index in [-0.39, 0.29) is 23.9 Å². The molecule has 8 nitrogen and oxygen atoms in total. The summed E-state index contributed by atoms with van der Waals surface area (Å²) < 4.78 is 29.0. The molecule has 35 heavy (non-hydrogen) atoms. The van der Waals surface area contributed by atoms with Crippen LogP contribution in [0.1, 0.15) is 41.6 Å². The summed E-state index contributed by atoms with van der Waals surface area (Å²) in [6, 6.07) is 9.35. The lowest BCUT2D eigenvalue weighted by Gasteiger charge is -2.38. The summed E-state index contributed by atoms with van der Waals surface area (Å²) in [7, 11) is 4.56. The molecule has 0 aromatic heterocycles. The summed E-state index contributed by atoms with van der Waals surface area (Å²) in [4.78, 5) is 15.5. The highest BCUT2D eigenvalue weighted by atomic mass is 35.5. The van der Waals surface area contributed by atoms with Gasteiger partial charge in [-0.2, -0.15) is 0 Å². The van der Waals surface area contributed by atoms with Crippen LogP contribution in [0, 0.1) is 0 Å². The zero-order chi connectivity index (χ0) is 24.1. The Kier molecular flexibility index (Phi) is 9.10. The summed E-state index contributed by atoms with van der Waals surface area (Å²) in [6.07, 6.45) is 4.63. The molecule has 1 spiro atoms. The number of hydrogen-bond donors (Lipinski definition) is 1. The van der Waals surface area contributed by atoms with Gasteiger partial charge in [0.1, 0.15) is 5.75 Å². The number of methoxy groups -OCH3 is 3. The number of nitrogens with two attached hydrogens (primary N) is 1. The summed E-state index contributed by atoms with van der Waals surface area (Å²) in [5.74, 6) is 1.86. The first-order chi connectivity index (χ1) is 16.5. The molecule has 0 atom stereocenters. The maximum absolute atomic E-state index is 13.6. The summed E-state index contributed by atoms with van der Waals surface area (Å²) in [6.45, 7) is 2.66. The predicted molar refractivity (Wildman–Crippen MR) is 136 cm³/mol. The molecule has 2 aliphatic rings. The van der Waals surface area contributed by atoms with E-state index in [1.54, 1.807) is 6.07 Å². The molecule has 2 aromatic carbocycles. The van der Waals surface area contributed by atoms with Gasteiger partial charge in [0, 0.05) is 25.8 Å². The number of carbonyl (C=O) groups excluding carboxylic acids is 1. The van der Waals surface area contributed by atoms with E-state index in [1.165, 1.54) is 21.3 Å². The number of nitrogens with zero attached hydrogens (tertiary/aromatic N) is 1. The molecule has 192 valence electrons. The average molecular weight is 507 g/mol. The van der Waals surface area contributed by atoms with Crippen LogP contribution in [0.2, 0.25) is 0 Å². The van der Waals surface area contributed by atoms with E-state index in [1.807, 2.05) is 29.2 Å². The van der Waals surface area contributed by atoms with Gasteiger partial charge >= 0.3 is 0 Å². The Balaban J connectivity index is 0.00000342. The van der Waals surface area contributed by atoms with Crippen LogP contribution in [-0.2, 0) is 11.2 Å². The van der Waals surface area contributed by atoms with Gasteiger partial charge in [-0.05, 0) is 56.3 Å². The van der Waals surface area contributed by atoms with Crippen molar-refractivity contribution in [3.63, 3.8) is 0 Å². The fraction of sp³-hybridized carbons (Fsp3) is 0.500. The molecule has 0 aliphatic carbocycles. The zero-order valence-electron chi connectivity index (χ0n) is 20.6. The summed E-state index contributed by atoms with van der Waals surface area (Å²) in [5, 5.41) is 0. The Morgan fingerprint density at radius 1 is 1.00 bits per heavy atom. The molecule has 9 heteroatoms. The summed E-state index contributed by atoms with van der Waals surface area (Å²) >= 11 is 0. The van der Waals surface area contributed by atoms with Gasteiger partial charge in [0.25, 0.3) is 5.91 Å². The Bertz CT molecular complexity index is 998. The van der Waals surface area contributed by atoms with Crippen LogP contribution in [0.15, 0.2) is 30.3 Å². The number of carbonyl (C=O) groups is 1. The second-order valence-corrected chi connectivity index (χ2v) is 8.73. The van der Waals surface area contributed by atoms with Gasteiger partial charge in [-0.25, -0.2) is 0 Å². The molecule has 0 saturated carbocycles. The van der Waals surface area contributed by atoms with Crippen molar-refractivity contribution in [2.75, 3.05) is 47.6 Å². The molecule has 0 unspecified atom stereocenters. The monoisotopic (exact) mass is 506 g/mol. The van der Waals surface area contributed by atoms with Crippen LogP contribution >= 0.6 is 12.4 Å². The average Bonchev–Trinajstić information content (AvgIpc) is 3.32. The van der Waals surface area contributed by atoms with Gasteiger partial charge in [0.05, 0.1) is 32.5 Å². The van der Waals surface area contributed by atoms with Crippen LogP contribution in [0.3, 0.4) is 0 Å². The van der Waals surface area contributed by atoms with E-state index >= 15 is 0 Å². The number of likely N-dealkylation sites (tertiary alicyclic amines) is 1. The molecule has 0 bridgehead atoms. The quantitative estimate of drug-likeness (QED) is 0.573. The van der Waals surface area contributed by atoms with Crippen molar-refractivity contribution >= 4 is 18.3 Å². The molecule has 2 heterocycles. The van der Waals surface area contributed by atoms with Crippen molar-refractivity contribution in [1.29, 1.82) is 0 Å². The van der Waals surface area contributed by atoms with Crippen LogP contribution in [0.4, 0.5) is 0 Å². The lowest BCUT2D eigenvalue weighted by atomic mass is 9.88. The van der Waals surface area contributed by atoms with E-state index in [4.69, 9.17) is 29.4 Å². The highest BCUT2D eigenvalue weighted by Gasteiger charge is 2.40. The SMILES string of the molecule is COc1c(Oc2ccc(CCN)cc2)cc(C(=O)N2CCC3(CCCO3)CC2)c(OC)c1OC.Cl. The predicted octanol–water partition coefficient (Wildman–Crippen LogP) is 4.21. The van der Waals surface area contributed by atoms with E-state index in [9.17, 15) is 4.79 Å². The molecule has 2 aromatic rings. The van der Waals surface area contributed by atoms with Crippen molar-refractivity contribution in [3.05, 3.63) is 41.5 Å². The second-order valence-electron chi connectivity index (χ2n) is 8.73. The minimum absolute atomic E-state index is 0. The molecule has 0 radical (unpaired) electrons. The molecule has 2 saturated heterocycles. The number of rotatable bonds is 8. The van der Waals surface area contributed by atoms with Crippen molar-refractivity contribution in [3.8, 4) is 28.7 Å². The third-order valence-electron chi connectivity index (χ3n) is 6.73. The lowest BCUT2D eigenvalue weighted by Crippen LogP contribution is -2.46. The Morgan fingerprint density at radius 2 is 1.66 bits per heavy atom. The van der Waals surface area contributed by atoms with Gasteiger partial charge in [-0.15, -0.1) is 12.4 Å². The second kappa shape index (κ2) is 11.8. The first-order valence-electron chi connectivity index (χ1n) is 11.8. The zero-order valence-corrected chi connectivity index (χ0v) is 21.4. The van der Waals surface area contributed by atoms with Crippen molar-refractivity contribution < 1.29 is 28.5 Å². The van der Waals surface area contributed by atoms with E-state index in [0.29, 0.717) is 53.9 Å². The largest absolute Gasteiger partial charge is 0.492 e. The number of benzene rings is 2. The highest BCUT2D eigenvalue weighted by molar-refractivity contribution is 5.99. The third-order valence-corrected chi connectivity index (χ3v) is 6.73. The Morgan fingerprint density at radius 3 is 2.20 bits per heavy atom. The third kappa shape index (κ3) is 5.60. The lowest BCUT2D eigenvalue weighted by molar-refractivity contribution is -0.0387. The summed E-state index contributed by atoms with van der Waals surface area (Å²) in [5.41, 5.74) is 7.07. The molecule has 1 amide bonds. The smallest absolute Gasteiger partial charge is 0.257 e. The maximum atomic E-state index is 13.6. The molecule has 2 aliphatic heterocycles. The number of hydrogen-bond acceptors (Lipinski definition) is 7. The minimum Gasteiger partial charge on any atom is -0.492 e. The number of piperidine rings is 1. The van der Waals surface area contributed by atoms with Crippen LogP contribution in [0.25, 0.3) is 0 Å². The topological polar surface area (TPSA) is 92.5 Å². The Hall–Kier alpha value is -2.68. The van der Waals surface area contributed by atoms with Crippen LogP contribution in [0.5, 0.6) is 28.7 Å². The number of halogens is 1. The van der Waals surface area contributed by atoms with Crippen molar-refractivity contribution in [1.82, 2.24) is 4.90 Å². The van der Waals surface area contributed by atoms with Gasteiger partial charge in [-0.3, -0.25) is 4.79 Å². The van der Waals surface area contributed by atoms with Crippen LogP contribution < -0.4 is 24.7 Å². The highest BCUT2D eigenvalue weighted by Crippen LogP contribution is 2.48. The first kappa shape index (κ1) is 26.9. The van der Waals surface area contributed by atoms with Gasteiger partial charge in [0.2, 0.25) is 11.5 Å². The molecular formula is C26H35ClN2O6. The Labute approximate surface area is 213 Å². The van der Waals surface area contributed by atoms with Crippen molar-refractivity contribution in [2.45, 2.75) is 37.7 Å². The minimum atomic E-state index is -0.131. The molecule has 4 rings (SSSR count). The first-order valence-corrected chi connectivity index (χ1v) is 11.8. The van der Waals surface area contributed by atoms with E-state index < -0.39 is 0 Å². The normalized spacial score (nSPS) is 16.5. The molecular weight excluding hydrogens is 472 g/mol. The number of ether oxygens (including phenoxy) is 5. The van der Waals surface area contributed by atoms with Crippen LogP contribution in [-0.4, -0.2) is 64.0 Å².